The summed E-state index contributed by atoms with van der Waals surface area (Å²) < 4.78 is 15.2. The Morgan fingerprint density at radius 1 is 1.33 bits per heavy atom. The van der Waals surface area contributed by atoms with Crippen LogP contribution < -0.4 is 11.1 Å². The van der Waals surface area contributed by atoms with Crippen LogP contribution in [0.15, 0.2) is 48.8 Å². The van der Waals surface area contributed by atoms with Gasteiger partial charge < -0.3 is 11.1 Å². The fourth-order valence-corrected chi connectivity index (χ4v) is 2.15. The summed E-state index contributed by atoms with van der Waals surface area (Å²) in [6, 6.07) is 9.98. The third kappa shape index (κ3) is 2.55. The van der Waals surface area contributed by atoms with E-state index in [0.717, 1.165) is 11.1 Å². The lowest BCUT2D eigenvalue weighted by Crippen LogP contribution is -2.13. The highest BCUT2D eigenvalue weighted by Crippen LogP contribution is 2.17. The summed E-state index contributed by atoms with van der Waals surface area (Å²) in [4.78, 5) is 11.1. The third-order valence-corrected chi connectivity index (χ3v) is 3.22. The summed E-state index contributed by atoms with van der Waals surface area (Å²) >= 11 is 0. The number of nitrogens with one attached hydrogen (secondary N) is 1. The van der Waals surface area contributed by atoms with Crippen molar-refractivity contribution in [3.8, 4) is 0 Å². The molecular weight excluding hydrogens is 271 g/mol. The average molecular weight is 284 g/mol. The van der Waals surface area contributed by atoms with Gasteiger partial charge in [0.2, 0.25) is 0 Å². The third-order valence-electron chi connectivity index (χ3n) is 3.22. The van der Waals surface area contributed by atoms with Crippen molar-refractivity contribution >= 4 is 17.1 Å². The number of rotatable bonds is 4. The van der Waals surface area contributed by atoms with E-state index >= 15 is 0 Å². The number of nitrogens with two attached hydrogens (primary N) is 1. The minimum absolute atomic E-state index is 0.125. The SMILES string of the molecule is NC(=O)c1cc(NCc2cnn3ccccc23)ccc1F. The van der Waals surface area contributed by atoms with E-state index in [1.54, 1.807) is 16.8 Å². The minimum Gasteiger partial charge on any atom is -0.381 e. The largest absolute Gasteiger partial charge is 0.381 e. The summed E-state index contributed by atoms with van der Waals surface area (Å²) in [5, 5.41) is 7.37. The Hall–Kier alpha value is -2.89. The molecule has 3 aromatic rings. The number of fused-ring (bicyclic) bond motifs is 1. The number of aromatic nitrogens is 2. The highest BCUT2D eigenvalue weighted by Gasteiger charge is 2.09. The van der Waals surface area contributed by atoms with Crippen LogP contribution in [0.3, 0.4) is 0 Å². The maximum Gasteiger partial charge on any atom is 0.251 e. The molecule has 0 radical (unpaired) electrons. The summed E-state index contributed by atoms with van der Waals surface area (Å²) in [7, 11) is 0. The van der Waals surface area contributed by atoms with E-state index in [4.69, 9.17) is 5.73 Å². The van der Waals surface area contributed by atoms with Crippen LogP contribution in [0.1, 0.15) is 15.9 Å². The fraction of sp³-hybridized carbons (Fsp3) is 0.0667. The second-order valence-corrected chi connectivity index (χ2v) is 4.61. The van der Waals surface area contributed by atoms with Crippen LogP contribution in [0, 0.1) is 5.82 Å². The molecule has 0 aliphatic carbocycles. The Kier molecular flexibility index (Phi) is 3.27. The number of primary amides is 1. The molecule has 2 aromatic heterocycles. The quantitative estimate of drug-likeness (QED) is 0.771. The van der Waals surface area contributed by atoms with Crippen molar-refractivity contribution in [2.45, 2.75) is 6.54 Å². The van der Waals surface area contributed by atoms with Crippen molar-refractivity contribution in [2.24, 2.45) is 5.73 Å². The molecule has 2 heterocycles. The molecule has 1 aromatic carbocycles. The summed E-state index contributed by atoms with van der Waals surface area (Å²) in [5.74, 6) is -1.41. The van der Waals surface area contributed by atoms with Crippen LogP contribution in [0.2, 0.25) is 0 Å². The van der Waals surface area contributed by atoms with Gasteiger partial charge in [0.15, 0.2) is 0 Å². The van der Waals surface area contributed by atoms with Gasteiger partial charge in [0.25, 0.3) is 5.91 Å². The van der Waals surface area contributed by atoms with Crippen molar-refractivity contribution < 1.29 is 9.18 Å². The first-order valence-electron chi connectivity index (χ1n) is 6.39. The lowest BCUT2D eigenvalue weighted by molar-refractivity contribution is 0.0996. The second kappa shape index (κ2) is 5.24. The van der Waals surface area contributed by atoms with E-state index in [1.807, 2.05) is 24.4 Å². The average Bonchev–Trinajstić information content (AvgIpc) is 2.89. The smallest absolute Gasteiger partial charge is 0.251 e. The van der Waals surface area contributed by atoms with Crippen molar-refractivity contribution in [1.82, 2.24) is 9.61 Å². The van der Waals surface area contributed by atoms with E-state index in [2.05, 4.69) is 10.4 Å². The van der Waals surface area contributed by atoms with Crippen LogP contribution >= 0.6 is 0 Å². The van der Waals surface area contributed by atoms with Gasteiger partial charge in [0.1, 0.15) is 5.82 Å². The molecule has 106 valence electrons. The lowest BCUT2D eigenvalue weighted by Gasteiger charge is -2.07. The number of pyridine rings is 1. The molecule has 0 saturated heterocycles. The predicted octanol–water partition coefficient (Wildman–Crippen LogP) is 2.18. The van der Waals surface area contributed by atoms with Gasteiger partial charge in [-0.1, -0.05) is 6.07 Å². The zero-order valence-corrected chi connectivity index (χ0v) is 11.1. The molecule has 0 bridgehead atoms. The van der Waals surface area contributed by atoms with Crippen LogP contribution in [-0.4, -0.2) is 15.5 Å². The molecule has 0 aliphatic rings. The number of hydrogen-bond donors (Lipinski definition) is 2. The molecule has 5 nitrogen and oxygen atoms in total. The molecule has 1 amide bonds. The molecule has 6 heteroatoms. The van der Waals surface area contributed by atoms with Crippen LogP contribution in [-0.2, 0) is 6.54 Å². The van der Waals surface area contributed by atoms with Gasteiger partial charge in [-0.15, -0.1) is 0 Å². The van der Waals surface area contributed by atoms with Gasteiger partial charge >= 0.3 is 0 Å². The molecule has 0 spiro atoms. The number of anilines is 1. The van der Waals surface area contributed by atoms with Crippen LogP contribution in [0.25, 0.3) is 5.52 Å². The van der Waals surface area contributed by atoms with Gasteiger partial charge in [-0.05, 0) is 30.3 Å². The zero-order valence-electron chi connectivity index (χ0n) is 11.1. The Labute approximate surface area is 120 Å². The minimum atomic E-state index is -0.785. The lowest BCUT2D eigenvalue weighted by atomic mass is 10.1. The monoisotopic (exact) mass is 284 g/mol. The molecule has 0 atom stereocenters. The van der Waals surface area contributed by atoms with Crippen molar-refractivity contribution in [2.75, 3.05) is 5.32 Å². The molecule has 0 aliphatic heterocycles. The Morgan fingerprint density at radius 3 is 3.00 bits per heavy atom. The van der Waals surface area contributed by atoms with Crippen molar-refractivity contribution in [3.63, 3.8) is 0 Å². The summed E-state index contributed by atoms with van der Waals surface area (Å²) in [5.41, 5.74) is 7.62. The van der Waals surface area contributed by atoms with E-state index in [9.17, 15) is 9.18 Å². The van der Waals surface area contributed by atoms with Gasteiger partial charge in [0, 0.05) is 24.0 Å². The molecule has 3 rings (SSSR count). The first-order chi connectivity index (χ1) is 10.1. The second-order valence-electron chi connectivity index (χ2n) is 4.61. The number of amides is 1. The van der Waals surface area contributed by atoms with E-state index < -0.39 is 11.7 Å². The number of hydrogen-bond acceptors (Lipinski definition) is 3. The predicted molar refractivity (Wildman–Crippen MR) is 77.4 cm³/mol. The first-order valence-corrected chi connectivity index (χ1v) is 6.39. The van der Waals surface area contributed by atoms with Crippen LogP contribution in [0.5, 0.6) is 0 Å². The highest BCUT2D eigenvalue weighted by molar-refractivity contribution is 5.94. The zero-order chi connectivity index (χ0) is 14.8. The molecular formula is C15H13FN4O. The molecule has 0 saturated carbocycles. The van der Waals surface area contributed by atoms with E-state index in [0.29, 0.717) is 12.2 Å². The fourth-order valence-electron chi connectivity index (χ4n) is 2.15. The Balaban J connectivity index is 1.82. The molecule has 21 heavy (non-hydrogen) atoms. The number of carbonyl (C=O) groups is 1. The number of benzene rings is 1. The maximum absolute atomic E-state index is 13.4. The topological polar surface area (TPSA) is 72.4 Å². The van der Waals surface area contributed by atoms with E-state index in [1.165, 1.54) is 12.1 Å². The summed E-state index contributed by atoms with van der Waals surface area (Å²) in [6.07, 6.45) is 3.63. The summed E-state index contributed by atoms with van der Waals surface area (Å²) in [6.45, 7) is 0.511. The van der Waals surface area contributed by atoms with Gasteiger partial charge in [0.05, 0.1) is 17.3 Å². The number of nitrogens with zero attached hydrogens (tertiary/aromatic N) is 2. The number of carbonyl (C=O) groups excluding carboxylic acids is 1. The molecule has 3 N–H and O–H groups in total. The Bertz CT molecular complexity index is 812. The van der Waals surface area contributed by atoms with Crippen LogP contribution in [0.4, 0.5) is 10.1 Å². The van der Waals surface area contributed by atoms with Crippen molar-refractivity contribution in [3.05, 3.63) is 65.7 Å². The van der Waals surface area contributed by atoms with Gasteiger partial charge in [-0.2, -0.15) is 5.10 Å². The Morgan fingerprint density at radius 2 is 2.19 bits per heavy atom. The van der Waals surface area contributed by atoms with E-state index in [-0.39, 0.29) is 5.56 Å². The molecule has 0 unspecified atom stereocenters. The standard InChI is InChI=1S/C15H13FN4O/c16-13-5-4-11(7-12(13)15(17)21)18-8-10-9-19-20-6-2-1-3-14(10)20/h1-7,9,18H,8H2,(H2,17,21). The highest BCUT2D eigenvalue weighted by atomic mass is 19.1. The normalized spacial score (nSPS) is 10.7. The van der Waals surface area contributed by atoms with Gasteiger partial charge in [-0.25, -0.2) is 8.91 Å². The maximum atomic E-state index is 13.4. The first kappa shape index (κ1) is 13.1. The number of halogens is 1. The molecule has 0 fully saturated rings. The van der Waals surface area contributed by atoms with Gasteiger partial charge in [-0.3, -0.25) is 4.79 Å². The van der Waals surface area contributed by atoms with Crippen molar-refractivity contribution in [1.29, 1.82) is 0 Å².